The maximum atomic E-state index is 14.4. The minimum Gasteiger partial charge on any atom is -0.380 e. The number of carbonyl (C=O) groups is 1. The van der Waals surface area contributed by atoms with Gasteiger partial charge >= 0.3 is 0 Å². The summed E-state index contributed by atoms with van der Waals surface area (Å²) in [6.45, 7) is 7.45. The molecule has 0 aliphatic heterocycles. The van der Waals surface area contributed by atoms with Crippen molar-refractivity contribution in [3.8, 4) is 0 Å². The van der Waals surface area contributed by atoms with Crippen molar-refractivity contribution in [2.45, 2.75) is 33.7 Å². The molecular formula is C21H23FN2O2S. The molecule has 3 rings (SSSR count). The topological polar surface area (TPSA) is 43.6 Å². The van der Waals surface area contributed by atoms with Crippen LogP contribution in [-0.2, 0) is 22.5 Å². The Morgan fingerprint density at radius 2 is 2.04 bits per heavy atom. The molecule has 0 saturated carbocycles. The van der Waals surface area contributed by atoms with Gasteiger partial charge in [0.2, 0.25) is 0 Å². The van der Waals surface area contributed by atoms with Crippen LogP contribution in [0.4, 0.5) is 4.39 Å². The molecule has 1 aromatic heterocycles. The second-order valence-electron chi connectivity index (χ2n) is 6.42. The molecule has 1 heterocycles. The lowest BCUT2D eigenvalue weighted by atomic mass is 10.0. The highest BCUT2D eigenvalue weighted by molar-refractivity contribution is 7.16. The van der Waals surface area contributed by atoms with E-state index in [2.05, 4.69) is 4.99 Å². The summed E-state index contributed by atoms with van der Waals surface area (Å²) in [5, 5.41) is 0. The van der Waals surface area contributed by atoms with Gasteiger partial charge in [-0.1, -0.05) is 35.6 Å². The molecule has 0 spiro atoms. The SMILES string of the molecule is CCOCCn1c(=NC(=O)Cc2ccc(C)c(C)c2)sc2cccc(F)c21. The number of amides is 1. The molecule has 3 aromatic rings. The van der Waals surface area contributed by atoms with Crippen LogP contribution < -0.4 is 4.80 Å². The monoisotopic (exact) mass is 386 g/mol. The Hall–Kier alpha value is -2.31. The van der Waals surface area contributed by atoms with Gasteiger partial charge < -0.3 is 9.30 Å². The zero-order valence-electron chi connectivity index (χ0n) is 15.8. The van der Waals surface area contributed by atoms with E-state index in [0.717, 1.165) is 15.8 Å². The van der Waals surface area contributed by atoms with Crippen LogP contribution in [-0.4, -0.2) is 23.7 Å². The van der Waals surface area contributed by atoms with Crippen molar-refractivity contribution in [1.82, 2.24) is 4.57 Å². The molecule has 0 unspecified atom stereocenters. The van der Waals surface area contributed by atoms with Crippen molar-refractivity contribution in [2.24, 2.45) is 4.99 Å². The summed E-state index contributed by atoms with van der Waals surface area (Å²) >= 11 is 1.32. The molecule has 2 aromatic carbocycles. The van der Waals surface area contributed by atoms with E-state index in [4.69, 9.17) is 4.74 Å². The van der Waals surface area contributed by atoms with Gasteiger partial charge in [-0.05, 0) is 49.6 Å². The lowest BCUT2D eigenvalue weighted by Crippen LogP contribution is -2.20. The third kappa shape index (κ3) is 4.51. The van der Waals surface area contributed by atoms with Crippen molar-refractivity contribution in [1.29, 1.82) is 0 Å². The summed E-state index contributed by atoms with van der Waals surface area (Å²) in [7, 11) is 0. The minimum absolute atomic E-state index is 0.226. The molecule has 142 valence electrons. The number of nitrogens with zero attached hydrogens (tertiary/aromatic N) is 2. The predicted molar refractivity (Wildman–Crippen MR) is 106 cm³/mol. The fraction of sp³-hybridized carbons (Fsp3) is 0.333. The standard InChI is InChI=1S/C21H23FN2O2S/c1-4-26-11-10-24-20-17(22)6-5-7-18(20)27-21(24)23-19(25)13-16-9-8-14(2)15(3)12-16/h5-9,12H,4,10-11,13H2,1-3H3. The van der Waals surface area contributed by atoms with Gasteiger partial charge in [-0.2, -0.15) is 4.99 Å². The van der Waals surface area contributed by atoms with E-state index in [1.807, 2.05) is 45.0 Å². The van der Waals surface area contributed by atoms with Crippen LogP contribution in [0.25, 0.3) is 10.2 Å². The molecule has 4 nitrogen and oxygen atoms in total. The first-order valence-corrected chi connectivity index (χ1v) is 9.80. The van der Waals surface area contributed by atoms with Crippen LogP contribution in [0.1, 0.15) is 23.6 Å². The number of rotatable bonds is 6. The Morgan fingerprint density at radius 3 is 2.78 bits per heavy atom. The molecule has 0 atom stereocenters. The maximum Gasteiger partial charge on any atom is 0.252 e. The Morgan fingerprint density at radius 1 is 1.22 bits per heavy atom. The molecule has 0 saturated heterocycles. The second kappa shape index (κ2) is 8.59. The van der Waals surface area contributed by atoms with Crippen LogP contribution in [0.5, 0.6) is 0 Å². The summed E-state index contributed by atoms with van der Waals surface area (Å²) < 4.78 is 22.3. The molecule has 0 radical (unpaired) electrons. The lowest BCUT2D eigenvalue weighted by molar-refractivity contribution is -0.117. The van der Waals surface area contributed by atoms with Gasteiger partial charge in [0.05, 0.1) is 23.2 Å². The van der Waals surface area contributed by atoms with Gasteiger partial charge in [-0.15, -0.1) is 0 Å². The smallest absolute Gasteiger partial charge is 0.252 e. The van der Waals surface area contributed by atoms with Gasteiger partial charge in [-0.3, -0.25) is 4.79 Å². The number of carbonyl (C=O) groups excluding carboxylic acids is 1. The van der Waals surface area contributed by atoms with Gasteiger partial charge in [0, 0.05) is 13.2 Å². The van der Waals surface area contributed by atoms with Crippen molar-refractivity contribution in [3.05, 3.63) is 63.7 Å². The average Bonchev–Trinajstić information content (AvgIpc) is 2.97. The van der Waals surface area contributed by atoms with E-state index in [1.54, 1.807) is 10.6 Å². The predicted octanol–water partition coefficient (Wildman–Crippen LogP) is 4.17. The van der Waals surface area contributed by atoms with E-state index in [0.29, 0.717) is 30.1 Å². The number of para-hydroxylation sites is 1. The molecule has 6 heteroatoms. The quantitative estimate of drug-likeness (QED) is 0.597. The van der Waals surface area contributed by atoms with Gasteiger partial charge in [0.15, 0.2) is 4.80 Å². The Bertz CT molecular complexity index is 1040. The summed E-state index contributed by atoms with van der Waals surface area (Å²) in [5.41, 5.74) is 3.74. The minimum atomic E-state index is -0.316. The fourth-order valence-electron chi connectivity index (χ4n) is 2.91. The molecule has 0 bridgehead atoms. The van der Waals surface area contributed by atoms with Crippen LogP contribution in [0.15, 0.2) is 41.4 Å². The summed E-state index contributed by atoms with van der Waals surface area (Å²) in [4.78, 5) is 17.3. The Labute approximate surface area is 161 Å². The van der Waals surface area contributed by atoms with Crippen molar-refractivity contribution < 1.29 is 13.9 Å². The largest absolute Gasteiger partial charge is 0.380 e. The third-order valence-electron chi connectivity index (χ3n) is 4.46. The molecule has 27 heavy (non-hydrogen) atoms. The zero-order chi connectivity index (χ0) is 19.4. The van der Waals surface area contributed by atoms with E-state index in [9.17, 15) is 9.18 Å². The molecular weight excluding hydrogens is 363 g/mol. The highest BCUT2D eigenvalue weighted by Crippen LogP contribution is 2.20. The number of fused-ring (bicyclic) bond motifs is 1. The van der Waals surface area contributed by atoms with Crippen LogP contribution in [0.3, 0.4) is 0 Å². The second-order valence-corrected chi connectivity index (χ2v) is 7.43. The van der Waals surface area contributed by atoms with Crippen molar-refractivity contribution in [3.63, 3.8) is 0 Å². The highest BCUT2D eigenvalue weighted by atomic mass is 32.1. The van der Waals surface area contributed by atoms with Crippen molar-refractivity contribution >= 4 is 27.5 Å². The molecule has 0 fully saturated rings. The van der Waals surface area contributed by atoms with E-state index >= 15 is 0 Å². The number of aryl methyl sites for hydroxylation is 2. The van der Waals surface area contributed by atoms with Gasteiger partial charge in [-0.25, -0.2) is 4.39 Å². The maximum absolute atomic E-state index is 14.4. The molecule has 1 amide bonds. The van der Waals surface area contributed by atoms with E-state index in [1.165, 1.54) is 23.0 Å². The first kappa shape index (κ1) is 19.5. The Kier molecular flexibility index (Phi) is 6.19. The number of ether oxygens (including phenoxy) is 1. The van der Waals surface area contributed by atoms with E-state index < -0.39 is 0 Å². The average molecular weight is 386 g/mol. The van der Waals surface area contributed by atoms with Crippen molar-refractivity contribution in [2.75, 3.05) is 13.2 Å². The summed E-state index contributed by atoms with van der Waals surface area (Å²) in [6, 6.07) is 10.9. The van der Waals surface area contributed by atoms with Gasteiger partial charge in [0.1, 0.15) is 5.82 Å². The number of aromatic nitrogens is 1. The number of hydrogen-bond acceptors (Lipinski definition) is 3. The first-order valence-electron chi connectivity index (χ1n) is 8.99. The number of benzene rings is 2. The lowest BCUT2D eigenvalue weighted by Gasteiger charge is -2.06. The number of halogens is 1. The molecule has 0 N–H and O–H groups in total. The Balaban J connectivity index is 1.95. The number of hydrogen-bond donors (Lipinski definition) is 0. The first-order chi connectivity index (χ1) is 13.0. The summed E-state index contributed by atoms with van der Waals surface area (Å²) in [6.07, 6.45) is 0.226. The van der Waals surface area contributed by atoms with Crippen LogP contribution in [0, 0.1) is 19.7 Å². The normalized spacial score (nSPS) is 12.1. The van der Waals surface area contributed by atoms with Crippen LogP contribution >= 0.6 is 11.3 Å². The third-order valence-corrected chi connectivity index (χ3v) is 5.51. The summed E-state index contributed by atoms with van der Waals surface area (Å²) in [5.74, 6) is -0.557. The fourth-order valence-corrected chi connectivity index (χ4v) is 4.00. The molecule has 0 aliphatic carbocycles. The highest BCUT2D eigenvalue weighted by Gasteiger charge is 2.12. The molecule has 0 aliphatic rings. The van der Waals surface area contributed by atoms with Crippen LogP contribution in [0.2, 0.25) is 0 Å². The number of thiazole rings is 1. The van der Waals surface area contributed by atoms with E-state index in [-0.39, 0.29) is 18.1 Å². The van der Waals surface area contributed by atoms with Gasteiger partial charge in [0.25, 0.3) is 5.91 Å². The zero-order valence-corrected chi connectivity index (χ0v) is 16.6.